The van der Waals surface area contributed by atoms with Gasteiger partial charge in [0.05, 0.1) is 5.56 Å². The van der Waals surface area contributed by atoms with Gasteiger partial charge in [-0.1, -0.05) is 15.9 Å². The molecule has 100 valence electrons. The molecule has 2 rings (SSSR count). The quantitative estimate of drug-likeness (QED) is 0.722. The molecule has 1 aromatic carbocycles. The van der Waals surface area contributed by atoms with E-state index in [4.69, 9.17) is 6.42 Å². The van der Waals surface area contributed by atoms with Crippen LogP contribution in [-0.2, 0) is 11.0 Å². The van der Waals surface area contributed by atoms with Crippen LogP contribution in [0.25, 0.3) is 0 Å². The van der Waals surface area contributed by atoms with Gasteiger partial charge in [0.25, 0.3) is 0 Å². The van der Waals surface area contributed by atoms with Gasteiger partial charge in [0, 0.05) is 29.0 Å². The van der Waals surface area contributed by atoms with E-state index in [1.54, 1.807) is 0 Å². The number of carbonyl (C=O) groups excluding carboxylic acids is 1. The zero-order valence-corrected chi connectivity index (χ0v) is 11.3. The first-order chi connectivity index (χ1) is 8.82. The number of anilines is 1. The first-order valence-corrected chi connectivity index (χ1v) is 6.25. The van der Waals surface area contributed by atoms with Gasteiger partial charge in [-0.2, -0.15) is 13.2 Å². The van der Waals surface area contributed by atoms with Crippen LogP contribution in [0, 0.1) is 18.3 Å². The minimum Gasteiger partial charge on any atom is -0.311 e. The van der Waals surface area contributed by atoms with Crippen molar-refractivity contribution < 1.29 is 18.0 Å². The Labute approximate surface area is 116 Å². The maximum absolute atomic E-state index is 12.6. The Morgan fingerprint density at radius 1 is 1.42 bits per heavy atom. The molecule has 0 N–H and O–H groups in total. The molecule has 0 aromatic heterocycles. The monoisotopic (exact) mass is 331 g/mol. The normalized spacial score (nSPS) is 19.6. The van der Waals surface area contributed by atoms with E-state index < -0.39 is 11.7 Å². The molecule has 0 saturated carbocycles. The van der Waals surface area contributed by atoms with Crippen LogP contribution in [0.1, 0.15) is 12.0 Å². The second-order valence-electron chi connectivity index (χ2n) is 4.23. The molecule has 1 unspecified atom stereocenters. The van der Waals surface area contributed by atoms with E-state index in [0.29, 0.717) is 12.2 Å². The second kappa shape index (κ2) is 4.89. The number of rotatable bonds is 1. The standard InChI is InChI=1S/C13H9BrF3NO/c1-2-8-5-12(19)18(7-8)9-3-4-10(11(14)6-9)13(15,16)17/h1,3-4,6,8H,5,7H2. The van der Waals surface area contributed by atoms with Crippen LogP contribution in [0.5, 0.6) is 0 Å². The van der Waals surface area contributed by atoms with Crippen molar-refractivity contribution in [2.45, 2.75) is 12.6 Å². The highest BCUT2D eigenvalue weighted by atomic mass is 79.9. The van der Waals surface area contributed by atoms with Crippen LogP contribution in [-0.4, -0.2) is 12.5 Å². The van der Waals surface area contributed by atoms with Gasteiger partial charge in [0.2, 0.25) is 5.91 Å². The number of amides is 1. The Kier molecular flexibility index (Phi) is 3.59. The molecule has 6 heteroatoms. The lowest BCUT2D eigenvalue weighted by Gasteiger charge is -2.18. The summed E-state index contributed by atoms with van der Waals surface area (Å²) in [6.45, 7) is 0.340. The zero-order chi connectivity index (χ0) is 14.2. The van der Waals surface area contributed by atoms with Crippen LogP contribution in [0.4, 0.5) is 18.9 Å². The minimum absolute atomic E-state index is 0.0885. The first kappa shape index (κ1) is 13.9. The summed E-state index contributed by atoms with van der Waals surface area (Å²) < 4.78 is 37.8. The summed E-state index contributed by atoms with van der Waals surface area (Å²) in [5.41, 5.74) is -0.348. The highest BCUT2D eigenvalue weighted by Gasteiger charge is 2.34. The number of benzene rings is 1. The van der Waals surface area contributed by atoms with Crippen LogP contribution in [0.15, 0.2) is 22.7 Å². The van der Waals surface area contributed by atoms with Gasteiger partial charge < -0.3 is 4.90 Å². The molecule has 1 aromatic rings. The lowest BCUT2D eigenvalue weighted by Crippen LogP contribution is -2.24. The molecule has 0 radical (unpaired) electrons. The fourth-order valence-corrected chi connectivity index (χ4v) is 2.56. The minimum atomic E-state index is -4.42. The van der Waals surface area contributed by atoms with Crippen LogP contribution >= 0.6 is 15.9 Å². The molecular formula is C13H9BrF3NO. The smallest absolute Gasteiger partial charge is 0.311 e. The van der Waals surface area contributed by atoms with Crippen LogP contribution in [0.3, 0.4) is 0 Å². The SMILES string of the molecule is C#CC1CC(=O)N(c2ccc(C(F)(F)F)c(Br)c2)C1. The van der Waals surface area contributed by atoms with Crippen molar-refractivity contribution in [3.05, 3.63) is 28.2 Å². The van der Waals surface area contributed by atoms with Crippen molar-refractivity contribution in [2.24, 2.45) is 5.92 Å². The highest BCUT2D eigenvalue weighted by molar-refractivity contribution is 9.10. The largest absolute Gasteiger partial charge is 0.417 e. The molecule has 0 bridgehead atoms. The molecule has 19 heavy (non-hydrogen) atoms. The highest BCUT2D eigenvalue weighted by Crippen LogP contribution is 2.37. The third-order valence-corrected chi connectivity index (χ3v) is 3.59. The number of halogens is 4. The van der Waals surface area contributed by atoms with Gasteiger partial charge in [0.15, 0.2) is 0 Å². The summed E-state index contributed by atoms with van der Waals surface area (Å²) in [7, 11) is 0. The Bertz CT molecular complexity index is 562. The van der Waals surface area contributed by atoms with Gasteiger partial charge in [-0.3, -0.25) is 4.79 Å². The van der Waals surface area contributed by atoms with Crippen molar-refractivity contribution >= 4 is 27.5 Å². The van der Waals surface area contributed by atoms with Crippen molar-refractivity contribution in [3.63, 3.8) is 0 Å². The van der Waals surface area contributed by atoms with Crippen LogP contribution < -0.4 is 4.90 Å². The number of carbonyl (C=O) groups is 1. The van der Waals surface area contributed by atoms with Gasteiger partial charge in [-0.15, -0.1) is 12.3 Å². The molecule has 0 aliphatic carbocycles. The van der Waals surface area contributed by atoms with Gasteiger partial charge >= 0.3 is 6.18 Å². The fraction of sp³-hybridized carbons (Fsp3) is 0.308. The van der Waals surface area contributed by atoms with Crippen LogP contribution in [0.2, 0.25) is 0 Å². The molecule has 1 aliphatic heterocycles. The van der Waals surface area contributed by atoms with Crippen molar-refractivity contribution in [3.8, 4) is 12.3 Å². The van der Waals surface area contributed by atoms with E-state index in [2.05, 4.69) is 21.9 Å². The predicted octanol–water partition coefficient (Wildman–Crippen LogP) is 3.45. The van der Waals surface area contributed by atoms with E-state index in [1.807, 2.05) is 0 Å². The average Bonchev–Trinajstić information content (AvgIpc) is 2.68. The topological polar surface area (TPSA) is 20.3 Å². The van der Waals surface area contributed by atoms with Crippen molar-refractivity contribution in [1.82, 2.24) is 0 Å². The number of terminal acetylenes is 1. The average molecular weight is 332 g/mol. The van der Waals surface area contributed by atoms with Gasteiger partial charge in [-0.05, 0) is 18.2 Å². The van der Waals surface area contributed by atoms with E-state index in [0.717, 1.165) is 6.07 Å². The summed E-state index contributed by atoms with van der Waals surface area (Å²) in [6.07, 6.45) is 1.07. The first-order valence-electron chi connectivity index (χ1n) is 5.46. The molecular weight excluding hydrogens is 323 g/mol. The number of nitrogens with zero attached hydrogens (tertiary/aromatic N) is 1. The molecule has 1 aliphatic rings. The van der Waals surface area contributed by atoms with E-state index in [9.17, 15) is 18.0 Å². The van der Waals surface area contributed by atoms with E-state index in [1.165, 1.54) is 17.0 Å². The van der Waals surface area contributed by atoms with Gasteiger partial charge in [-0.25, -0.2) is 0 Å². The maximum Gasteiger partial charge on any atom is 0.417 e. The Balaban J connectivity index is 2.31. The summed E-state index contributed by atoms with van der Waals surface area (Å²) in [5.74, 6) is 2.13. The Morgan fingerprint density at radius 3 is 2.58 bits per heavy atom. The van der Waals surface area contributed by atoms with E-state index in [-0.39, 0.29) is 22.7 Å². The number of hydrogen-bond donors (Lipinski definition) is 0. The Hall–Kier alpha value is -1.48. The number of alkyl halides is 3. The maximum atomic E-state index is 12.6. The van der Waals surface area contributed by atoms with E-state index >= 15 is 0 Å². The second-order valence-corrected chi connectivity index (χ2v) is 5.09. The molecule has 1 fully saturated rings. The molecule has 2 nitrogen and oxygen atoms in total. The fourth-order valence-electron chi connectivity index (χ4n) is 1.97. The summed E-state index contributed by atoms with van der Waals surface area (Å²) >= 11 is 2.88. The summed E-state index contributed by atoms with van der Waals surface area (Å²) in [5, 5.41) is 0. The Morgan fingerprint density at radius 2 is 2.11 bits per heavy atom. The van der Waals surface area contributed by atoms with Crippen molar-refractivity contribution in [1.29, 1.82) is 0 Å². The number of hydrogen-bond acceptors (Lipinski definition) is 1. The molecule has 0 spiro atoms. The molecule has 1 saturated heterocycles. The summed E-state index contributed by atoms with van der Waals surface area (Å²) in [6, 6.07) is 3.53. The molecule has 1 heterocycles. The predicted molar refractivity (Wildman–Crippen MR) is 68.4 cm³/mol. The molecule has 1 amide bonds. The third kappa shape index (κ3) is 2.76. The lowest BCUT2D eigenvalue weighted by atomic mass is 10.1. The third-order valence-electron chi connectivity index (χ3n) is 2.93. The zero-order valence-electron chi connectivity index (χ0n) is 9.67. The lowest BCUT2D eigenvalue weighted by molar-refractivity contribution is -0.138. The molecule has 1 atom stereocenters. The van der Waals surface area contributed by atoms with Gasteiger partial charge in [0.1, 0.15) is 0 Å². The van der Waals surface area contributed by atoms with Crippen molar-refractivity contribution in [2.75, 3.05) is 11.4 Å². The summed E-state index contributed by atoms with van der Waals surface area (Å²) in [4.78, 5) is 13.1.